The Hall–Kier alpha value is -3.73. The summed E-state index contributed by atoms with van der Waals surface area (Å²) in [7, 11) is 0. The molecule has 10 nitrogen and oxygen atoms in total. The van der Waals surface area contributed by atoms with Crippen LogP contribution in [0.4, 0.5) is 15.0 Å². The molecular weight excluding hydrogens is 457 g/mol. The summed E-state index contributed by atoms with van der Waals surface area (Å²) in [5.74, 6) is 1.15. The number of piperidine rings is 1. The zero-order valence-electron chi connectivity index (χ0n) is 19.0. The smallest absolute Gasteiger partial charge is 0.416 e. The van der Waals surface area contributed by atoms with Crippen molar-refractivity contribution < 1.29 is 23.4 Å². The molecule has 6 rings (SSSR count). The minimum absolute atomic E-state index is 0.189. The van der Waals surface area contributed by atoms with Gasteiger partial charge in [-0.1, -0.05) is 0 Å². The van der Waals surface area contributed by atoms with Gasteiger partial charge in [-0.3, -0.25) is 14.7 Å². The van der Waals surface area contributed by atoms with Gasteiger partial charge in [-0.05, 0) is 6.07 Å². The molecule has 0 atom stereocenters. The van der Waals surface area contributed by atoms with Gasteiger partial charge in [0.15, 0.2) is 11.5 Å². The van der Waals surface area contributed by atoms with Crippen molar-refractivity contribution in [3.05, 3.63) is 52.8 Å². The fourth-order valence-corrected chi connectivity index (χ4v) is 4.94. The predicted octanol–water partition coefficient (Wildman–Crippen LogP) is 2.19. The first-order valence-corrected chi connectivity index (χ1v) is 11.6. The minimum Gasteiger partial charge on any atom is -0.486 e. The van der Waals surface area contributed by atoms with Crippen LogP contribution < -0.4 is 19.9 Å². The van der Waals surface area contributed by atoms with Crippen LogP contribution in [0, 0.1) is 5.82 Å². The van der Waals surface area contributed by atoms with E-state index in [1.165, 1.54) is 12.1 Å². The number of hydrogen-bond donors (Lipinski definition) is 0. The van der Waals surface area contributed by atoms with Crippen LogP contribution in [-0.4, -0.2) is 70.5 Å². The van der Waals surface area contributed by atoms with Crippen LogP contribution in [0.15, 0.2) is 41.5 Å². The Morgan fingerprint density at radius 1 is 0.971 bits per heavy atom. The van der Waals surface area contributed by atoms with Crippen molar-refractivity contribution >= 4 is 22.9 Å². The molecule has 3 aliphatic rings. The van der Waals surface area contributed by atoms with Gasteiger partial charge in [0.2, 0.25) is 0 Å². The average Bonchev–Trinajstić information content (AvgIpc) is 3.19. The number of rotatable bonds is 4. The second kappa shape index (κ2) is 8.49. The van der Waals surface area contributed by atoms with E-state index in [1.54, 1.807) is 27.8 Å². The Balaban J connectivity index is 1.11. The molecule has 0 aromatic carbocycles. The Kier molecular flexibility index (Phi) is 5.28. The fraction of sp³-hybridized carbons (Fsp3) is 0.417. The maximum absolute atomic E-state index is 13.7. The maximum Gasteiger partial charge on any atom is 0.416 e. The number of halogens is 1. The summed E-state index contributed by atoms with van der Waals surface area (Å²) in [5.41, 5.74) is 0.296. The first-order valence-electron chi connectivity index (χ1n) is 11.6. The number of anilines is 1. The van der Waals surface area contributed by atoms with E-state index < -0.39 is 17.5 Å². The highest BCUT2D eigenvalue weighted by Gasteiger charge is 2.48. The highest BCUT2D eigenvalue weighted by molar-refractivity contribution is 5.89. The highest BCUT2D eigenvalue weighted by atomic mass is 19.1. The quantitative estimate of drug-likeness (QED) is 0.559. The molecule has 0 bridgehead atoms. The topological polar surface area (TPSA) is 99.0 Å². The number of likely N-dealkylation sites (tertiary alicyclic amines) is 1. The summed E-state index contributed by atoms with van der Waals surface area (Å²) in [6.07, 6.45) is 3.63. The molecule has 35 heavy (non-hydrogen) atoms. The summed E-state index contributed by atoms with van der Waals surface area (Å²) < 4.78 is 32.3. The van der Waals surface area contributed by atoms with Gasteiger partial charge < -0.3 is 23.7 Å². The number of amides is 1. The molecule has 0 N–H and O–H groups in total. The van der Waals surface area contributed by atoms with Crippen molar-refractivity contribution in [2.24, 2.45) is 0 Å². The van der Waals surface area contributed by atoms with Crippen LogP contribution >= 0.6 is 0 Å². The van der Waals surface area contributed by atoms with E-state index in [-0.39, 0.29) is 5.56 Å². The lowest BCUT2D eigenvalue weighted by molar-refractivity contribution is 0.000337. The molecule has 182 valence electrons. The Morgan fingerprint density at radius 2 is 1.77 bits per heavy atom. The van der Waals surface area contributed by atoms with E-state index in [0.29, 0.717) is 87.1 Å². The summed E-state index contributed by atoms with van der Waals surface area (Å²) >= 11 is 0. The van der Waals surface area contributed by atoms with Gasteiger partial charge in [-0.2, -0.15) is 0 Å². The van der Waals surface area contributed by atoms with Gasteiger partial charge in [0.1, 0.15) is 30.4 Å². The zero-order valence-corrected chi connectivity index (χ0v) is 19.0. The molecule has 1 spiro atoms. The molecule has 3 aliphatic heterocycles. The third kappa shape index (κ3) is 4.05. The molecule has 3 aromatic heterocycles. The van der Waals surface area contributed by atoms with E-state index in [9.17, 15) is 14.0 Å². The number of carbonyl (C=O) groups excluding carboxylic acids is 1. The van der Waals surface area contributed by atoms with Crippen LogP contribution in [0.5, 0.6) is 11.5 Å². The Labute approximate surface area is 199 Å². The monoisotopic (exact) mass is 481 g/mol. The van der Waals surface area contributed by atoms with Crippen LogP contribution in [0.3, 0.4) is 0 Å². The number of pyridine rings is 3. The number of ether oxygens (including phenoxy) is 3. The first kappa shape index (κ1) is 21.8. The van der Waals surface area contributed by atoms with Gasteiger partial charge in [-0.15, -0.1) is 0 Å². The van der Waals surface area contributed by atoms with Gasteiger partial charge in [-0.25, -0.2) is 14.2 Å². The number of nitrogens with zero attached hydrogens (tertiary/aromatic N) is 5. The van der Waals surface area contributed by atoms with Crippen LogP contribution in [0.25, 0.3) is 11.0 Å². The van der Waals surface area contributed by atoms with Gasteiger partial charge in [0, 0.05) is 57.2 Å². The first-order chi connectivity index (χ1) is 17.0. The molecule has 11 heteroatoms. The lowest BCUT2D eigenvalue weighted by Gasteiger charge is -2.37. The van der Waals surface area contributed by atoms with Crippen molar-refractivity contribution in [3.8, 4) is 11.5 Å². The number of aromatic nitrogens is 3. The number of fused-ring (bicyclic) bond motifs is 2. The average molecular weight is 481 g/mol. The molecule has 0 unspecified atom stereocenters. The normalized spacial score (nSPS) is 19.3. The second-order valence-electron chi connectivity index (χ2n) is 9.05. The van der Waals surface area contributed by atoms with Gasteiger partial charge in [0.05, 0.1) is 30.0 Å². The molecule has 0 saturated carbocycles. The SMILES string of the molecule is O=C1OC2(CCN(CCn3c(=O)ccc4ncc(F)cc43)CC2)CN1c1cc2c(cn1)OCCO2. The van der Waals surface area contributed by atoms with Crippen molar-refractivity contribution in [1.29, 1.82) is 0 Å². The van der Waals surface area contributed by atoms with Crippen molar-refractivity contribution in [2.75, 3.05) is 44.3 Å². The van der Waals surface area contributed by atoms with E-state index >= 15 is 0 Å². The van der Waals surface area contributed by atoms with Crippen LogP contribution in [-0.2, 0) is 11.3 Å². The summed E-state index contributed by atoms with van der Waals surface area (Å²) in [5, 5.41) is 0. The van der Waals surface area contributed by atoms with E-state index in [2.05, 4.69) is 14.9 Å². The van der Waals surface area contributed by atoms with Crippen molar-refractivity contribution in [3.63, 3.8) is 0 Å². The van der Waals surface area contributed by atoms with Gasteiger partial charge in [0.25, 0.3) is 5.56 Å². The van der Waals surface area contributed by atoms with Crippen LogP contribution in [0.1, 0.15) is 12.8 Å². The van der Waals surface area contributed by atoms with Crippen molar-refractivity contribution in [2.45, 2.75) is 25.0 Å². The third-order valence-electron chi connectivity index (χ3n) is 6.87. The lowest BCUT2D eigenvalue weighted by atomic mass is 9.91. The minimum atomic E-state index is -0.578. The molecule has 0 aliphatic carbocycles. The van der Waals surface area contributed by atoms with E-state index in [0.717, 1.165) is 6.20 Å². The molecule has 2 fully saturated rings. The molecule has 6 heterocycles. The van der Waals surface area contributed by atoms with Gasteiger partial charge >= 0.3 is 6.09 Å². The third-order valence-corrected chi connectivity index (χ3v) is 6.87. The van der Waals surface area contributed by atoms with E-state index in [1.807, 2.05) is 0 Å². The zero-order chi connectivity index (χ0) is 24.0. The largest absolute Gasteiger partial charge is 0.486 e. The van der Waals surface area contributed by atoms with Crippen molar-refractivity contribution in [1.82, 2.24) is 19.4 Å². The highest BCUT2D eigenvalue weighted by Crippen LogP contribution is 2.38. The van der Waals surface area contributed by atoms with E-state index in [4.69, 9.17) is 14.2 Å². The molecule has 2 saturated heterocycles. The summed E-state index contributed by atoms with van der Waals surface area (Å²) in [4.78, 5) is 37.3. The second-order valence-corrected chi connectivity index (χ2v) is 9.05. The molecule has 0 radical (unpaired) electrons. The maximum atomic E-state index is 13.7. The van der Waals surface area contributed by atoms with Crippen LogP contribution in [0.2, 0.25) is 0 Å². The summed E-state index contributed by atoms with van der Waals surface area (Å²) in [6, 6.07) is 6.11. The molecular formula is C24H24FN5O5. The summed E-state index contributed by atoms with van der Waals surface area (Å²) in [6.45, 7) is 3.80. The predicted molar refractivity (Wildman–Crippen MR) is 123 cm³/mol. The standard InChI is InChI=1S/C24H24FN5O5/c25-16-11-18-17(26-13-16)1-2-22(31)29(18)8-7-28-5-3-24(4-6-28)15-30(23(32)35-24)21-12-19-20(14-27-21)34-10-9-33-19/h1-2,11-14H,3-10,15H2. The fourth-order valence-electron chi connectivity index (χ4n) is 4.94. The Morgan fingerprint density at radius 3 is 2.60 bits per heavy atom. The lowest BCUT2D eigenvalue weighted by Crippen LogP contribution is -2.47. The molecule has 1 amide bonds. The number of carbonyl (C=O) groups is 1. The number of hydrogen-bond acceptors (Lipinski definition) is 8. The molecule has 3 aromatic rings. The Bertz CT molecular complexity index is 1350.